The summed E-state index contributed by atoms with van der Waals surface area (Å²) in [6, 6.07) is 14.2. The number of carbonyl (C=O) groups excluding carboxylic acids is 1. The Labute approximate surface area is 128 Å². The summed E-state index contributed by atoms with van der Waals surface area (Å²) in [5.74, 6) is -0.304. The van der Waals surface area contributed by atoms with E-state index in [1.807, 2.05) is 44.2 Å². The summed E-state index contributed by atoms with van der Waals surface area (Å²) in [6.07, 6.45) is 0. The number of aromatic amines is 1. The molecule has 112 valence electrons. The Morgan fingerprint density at radius 1 is 1.09 bits per heavy atom. The van der Waals surface area contributed by atoms with E-state index in [1.165, 1.54) is 12.1 Å². The lowest BCUT2D eigenvalue weighted by molar-refractivity contribution is -0.118. The summed E-state index contributed by atoms with van der Waals surface area (Å²) < 4.78 is 13.2. The third-order valence-electron chi connectivity index (χ3n) is 3.57. The van der Waals surface area contributed by atoms with Gasteiger partial charge in [-0.2, -0.15) is 0 Å². The first-order valence-corrected chi connectivity index (χ1v) is 7.22. The van der Waals surface area contributed by atoms with Crippen LogP contribution in [0.25, 0.3) is 22.2 Å². The lowest BCUT2D eigenvalue weighted by Crippen LogP contribution is -2.17. The van der Waals surface area contributed by atoms with Crippen molar-refractivity contribution in [1.29, 1.82) is 0 Å². The van der Waals surface area contributed by atoms with E-state index in [4.69, 9.17) is 0 Å². The highest BCUT2D eigenvalue weighted by molar-refractivity contribution is 5.92. The lowest BCUT2D eigenvalue weighted by atomic mass is 10.1. The summed E-state index contributed by atoms with van der Waals surface area (Å²) in [6.45, 7) is 3.71. The number of nitrogens with one attached hydrogen (secondary N) is 2. The molecule has 0 saturated heterocycles. The van der Waals surface area contributed by atoms with E-state index in [9.17, 15) is 9.18 Å². The van der Waals surface area contributed by atoms with Crippen LogP contribution in [0.3, 0.4) is 0 Å². The molecule has 1 heterocycles. The number of halogens is 1. The Hall–Kier alpha value is -2.62. The normalized spacial score (nSPS) is 11.1. The van der Waals surface area contributed by atoms with Crippen molar-refractivity contribution in [3.05, 3.63) is 54.3 Å². The van der Waals surface area contributed by atoms with Crippen molar-refractivity contribution >= 4 is 22.5 Å². The van der Waals surface area contributed by atoms with Crippen molar-refractivity contribution < 1.29 is 9.18 Å². The fourth-order valence-corrected chi connectivity index (χ4v) is 2.28. The van der Waals surface area contributed by atoms with E-state index < -0.39 is 0 Å². The topological polar surface area (TPSA) is 44.9 Å². The second-order valence-corrected chi connectivity index (χ2v) is 5.64. The number of fused-ring (bicyclic) bond motifs is 1. The standard InChI is InChI=1S/C18H17FN2O/c1-11(2)18(22)20-15-6-3-12(4-7-15)17-10-13-9-14(19)5-8-16(13)21-17/h3-11,21H,1-2H3,(H,20,22). The van der Waals surface area contributed by atoms with Crippen LogP contribution in [0.2, 0.25) is 0 Å². The largest absolute Gasteiger partial charge is 0.355 e. The fourth-order valence-electron chi connectivity index (χ4n) is 2.28. The molecule has 0 aliphatic heterocycles. The quantitative estimate of drug-likeness (QED) is 0.730. The summed E-state index contributed by atoms with van der Waals surface area (Å²) in [5.41, 5.74) is 3.57. The third kappa shape index (κ3) is 2.86. The van der Waals surface area contributed by atoms with E-state index >= 15 is 0 Å². The average Bonchev–Trinajstić information content (AvgIpc) is 2.90. The number of carbonyl (C=O) groups is 1. The smallest absolute Gasteiger partial charge is 0.226 e. The summed E-state index contributed by atoms with van der Waals surface area (Å²) >= 11 is 0. The van der Waals surface area contributed by atoms with Gasteiger partial charge in [0, 0.05) is 28.2 Å². The first kappa shape index (κ1) is 14.3. The van der Waals surface area contributed by atoms with Gasteiger partial charge in [-0.15, -0.1) is 0 Å². The molecule has 22 heavy (non-hydrogen) atoms. The maximum atomic E-state index is 13.2. The van der Waals surface area contributed by atoms with Crippen LogP contribution in [-0.2, 0) is 4.79 Å². The Morgan fingerprint density at radius 2 is 1.82 bits per heavy atom. The van der Waals surface area contributed by atoms with Gasteiger partial charge in [-0.3, -0.25) is 4.79 Å². The Balaban J connectivity index is 1.86. The van der Waals surface area contributed by atoms with Crippen LogP contribution >= 0.6 is 0 Å². The van der Waals surface area contributed by atoms with Crippen molar-refractivity contribution in [2.24, 2.45) is 5.92 Å². The van der Waals surface area contributed by atoms with Gasteiger partial charge in [-0.25, -0.2) is 4.39 Å². The van der Waals surface area contributed by atoms with Crippen molar-refractivity contribution in [1.82, 2.24) is 4.98 Å². The average molecular weight is 296 g/mol. The molecule has 3 rings (SSSR count). The molecule has 0 atom stereocenters. The van der Waals surface area contributed by atoms with Gasteiger partial charge in [0.25, 0.3) is 0 Å². The molecule has 0 aliphatic rings. The number of hydrogen-bond acceptors (Lipinski definition) is 1. The molecule has 0 aliphatic carbocycles. The van der Waals surface area contributed by atoms with Crippen LogP contribution in [0.1, 0.15) is 13.8 Å². The second-order valence-electron chi connectivity index (χ2n) is 5.64. The van der Waals surface area contributed by atoms with Crippen LogP contribution < -0.4 is 5.32 Å². The molecule has 0 spiro atoms. The van der Waals surface area contributed by atoms with E-state index in [1.54, 1.807) is 6.07 Å². The highest BCUT2D eigenvalue weighted by Gasteiger charge is 2.08. The first-order chi connectivity index (χ1) is 10.5. The predicted molar refractivity (Wildman–Crippen MR) is 87.2 cm³/mol. The second kappa shape index (κ2) is 5.64. The first-order valence-electron chi connectivity index (χ1n) is 7.22. The number of anilines is 1. The van der Waals surface area contributed by atoms with Gasteiger partial charge in [-0.1, -0.05) is 26.0 Å². The zero-order valence-corrected chi connectivity index (χ0v) is 12.5. The van der Waals surface area contributed by atoms with Gasteiger partial charge in [0.1, 0.15) is 5.82 Å². The minimum absolute atomic E-state index is 0.00571. The molecule has 0 bridgehead atoms. The highest BCUT2D eigenvalue weighted by Crippen LogP contribution is 2.25. The number of H-pyrrole nitrogens is 1. The molecule has 0 fully saturated rings. The summed E-state index contributed by atoms with van der Waals surface area (Å²) in [5, 5.41) is 3.70. The zero-order chi connectivity index (χ0) is 15.7. The number of aromatic nitrogens is 1. The molecule has 3 aromatic rings. The molecule has 0 radical (unpaired) electrons. The van der Waals surface area contributed by atoms with Gasteiger partial charge in [0.2, 0.25) is 5.91 Å². The maximum absolute atomic E-state index is 13.2. The van der Waals surface area contributed by atoms with E-state index in [2.05, 4.69) is 10.3 Å². The van der Waals surface area contributed by atoms with Crippen molar-refractivity contribution in [2.75, 3.05) is 5.32 Å². The van der Waals surface area contributed by atoms with Gasteiger partial charge in [0.15, 0.2) is 0 Å². The monoisotopic (exact) mass is 296 g/mol. The highest BCUT2D eigenvalue weighted by atomic mass is 19.1. The molecule has 2 aromatic carbocycles. The molecule has 1 amide bonds. The Bertz CT molecular complexity index is 819. The fraction of sp³-hybridized carbons (Fsp3) is 0.167. The Kier molecular flexibility index (Phi) is 3.67. The maximum Gasteiger partial charge on any atom is 0.226 e. The number of hydrogen-bond donors (Lipinski definition) is 2. The van der Waals surface area contributed by atoms with Crippen LogP contribution in [0.5, 0.6) is 0 Å². The minimum atomic E-state index is -0.246. The van der Waals surface area contributed by atoms with Gasteiger partial charge in [0.05, 0.1) is 0 Å². The van der Waals surface area contributed by atoms with Crippen molar-refractivity contribution in [2.45, 2.75) is 13.8 Å². The van der Waals surface area contributed by atoms with Crippen molar-refractivity contribution in [3.8, 4) is 11.3 Å². The Morgan fingerprint density at radius 3 is 2.50 bits per heavy atom. The van der Waals surface area contributed by atoms with Crippen LogP contribution in [-0.4, -0.2) is 10.9 Å². The van der Waals surface area contributed by atoms with E-state index in [0.29, 0.717) is 0 Å². The van der Waals surface area contributed by atoms with Gasteiger partial charge >= 0.3 is 0 Å². The number of rotatable bonds is 3. The number of amides is 1. The third-order valence-corrected chi connectivity index (χ3v) is 3.57. The summed E-state index contributed by atoms with van der Waals surface area (Å²) in [4.78, 5) is 14.9. The molecule has 1 aromatic heterocycles. The zero-order valence-electron chi connectivity index (χ0n) is 12.5. The van der Waals surface area contributed by atoms with Gasteiger partial charge in [-0.05, 0) is 42.0 Å². The molecule has 4 heteroatoms. The summed E-state index contributed by atoms with van der Waals surface area (Å²) in [7, 11) is 0. The van der Waals surface area contributed by atoms with Crippen LogP contribution in [0, 0.1) is 11.7 Å². The molecule has 2 N–H and O–H groups in total. The molecule has 3 nitrogen and oxygen atoms in total. The number of benzene rings is 2. The van der Waals surface area contributed by atoms with Crippen LogP contribution in [0.4, 0.5) is 10.1 Å². The molecular formula is C18H17FN2O. The van der Waals surface area contributed by atoms with Crippen molar-refractivity contribution in [3.63, 3.8) is 0 Å². The molecule has 0 unspecified atom stereocenters. The lowest BCUT2D eigenvalue weighted by Gasteiger charge is -2.08. The van der Waals surface area contributed by atoms with Crippen LogP contribution in [0.15, 0.2) is 48.5 Å². The minimum Gasteiger partial charge on any atom is -0.355 e. The SMILES string of the molecule is CC(C)C(=O)Nc1ccc(-c2cc3cc(F)ccc3[nH]2)cc1. The van der Waals surface area contributed by atoms with Gasteiger partial charge < -0.3 is 10.3 Å². The van der Waals surface area contributed by atoms with E-state index in [-0.39, 0.29) is 17.6 Å². The molecular weight excluding hydrogens is 279 g/mol. The predicted octanol–water partition coefficient (Wildman–Crippen LogP) is 4.57. The van der Waals surface area contributed by atoms with E-state index in [0.717, 1.165) is 27.8 Å². The molecule has 0 saturated carbocycles.